The standard InChI is InChI=1S/C16H18ClN3O2/c1-11-7-8-20-15(19(11)2)9-14(18-16(20)21)22-10-12-3-5-13(17)6-4-12/h3-6,9,11H,7-8,10H2,1-2H3. The molecule has 0 saturated heterocycles. The number of hydrogen-bond donors (Lipinski definition) is 0. The van der Waals surface area contributed by atoms with Crippen LogP contribution in [-0.4, -0.2) is 22.6 Å². The maximum atomic E-state index is 12.1. The van der Waals surface area contributed by atoms with Crippen LogP contribution >= 0.6 is 11.6 Å². The van der Waals surface area contributed by atoms with Gasteiger partial charge in [-0.05, 0) is 31.0 Å². The largest absolute Gasteiger partial charge is 0.473 e. The molecular weight excluding hydrogens is 302 g/mol. The van der Waals surface area contributed by atoms with E-state index in [-0.39, 0.29) is 5.69 Å². The van der Waals surface area contributed by atoms with Crippen molar-refractivity contribution in [2.75, 3.05) is 11.9 Å². The Bertz CT molecular complexity index is 727. The van der Waals surface area contributed by atoms with Crippen molar-refractivity contribution >= 4 is 17.4 Å². The van der Waals surface area contributed by atoms with E-state index < -0.39 is 0 Å². The molecule has 22 heavy (non-hydrogen) atoms. The molecule has 0 N–H and O–H groups in total. The highest BCUT2D eigenvalue weighted by molar-refractivity contribution is 6.30. The first-order valence-electron chi connectivity index (χ1n) is 7.26. The van der Waals surface area contributed by atoms with Crippen LogP contribution in [0.15, 0.2) is 35.1 Å². The maximum Gasteiger partial charge on any atom is 0.352 e. The molecule has 3 rings (SSSR count). The van der Waals surface area contributed by atoms with Gasteiger partial charge in [-0.3, -0.25) is 4.57 Å². The van der Waals surface area contributed by atoms with E-state index in [0.717, 1.165) is 17.8 Å². The maximum absolute atomic E-state index is 12.1. The lowest BCUT2D eigenvalue weighted by atomic mass is 10.1. The van der Waals surface area contributed by atoms with Crippen LogP contribution in [0.5, 0.6) is 5.88 Å². The molecule has 1 aromatic heterocycles. The predicted octanol–water partition coefficient (Wildman–Crippen LogP) is 2.70. The molecule has 1 unspecified atom stereocenters. The minimum Gasteiger partial charge on any atom is -0.473 e. The summed E-state index contributed by atoms with van der Waals surface area (Å²) in [5, 5.41) is 0.685. The van der Waals surface area contributed by atoms with Crippen molar-refractivity contribution in [3.8, 4) is 5.88 Å². The summed E-state index contributed by atoms with van der Waals surface area (Å²) < 4.78 is 7.36. The molecule has 0 bridgehead atoms. The molecule has 0 radical (unpaired) electrons. The Labute approximate surface area is 134 Å². The van der Waals surface area contributed by atoms with E-state index in [0.29, 0.717) is 30.1 Å². The van der Waals surface area contributed by atoms with Crippen LogP contribution in [-0.2, 0) is 13.2 Å². The molecular formula is C16H18ClN3O2. The number of halogens is 1. The van der Waals surface area contributed by atoms with Gasteiger partial charge in [-0.25, -0.2) is 4.79 Å². The van der Waals surface area contributed by atoms with Gasteiger partial charge in [0.15, 0.2) is 0 Å². The first-order chi connectivity index (χ1) is 10.5. The van der Waals surface area contributed by atoms with Gasteiger partial charge in [-0.15, -0.1) is 0 Å². The second-order valence-corrected chi connectivity index (χ2v) is 5.99. The first kappa shape index (κ1) is 14.9. The van der Waals surface area contributed by atoms with Crippen LogP contribution < -0.4 is 15.3 Å². The second-order valence-electron chi connectivity index (χ2n) is 5.55. The monoisotopic (exact) mass is 319 g/mol. The lowest BCUT2D eigenvalue weighted by Gasteiger charge is -2.34. The Morgan fingerprint density at radius 3 is 2.82 bits per heavy atom. The SMILES string of the molecule is CC1CCn2c(cc(OCc3ccc(Cl)cc3)nc2=O)N1C. The quantitative estimate of drug-likeness (QED) is 0.872. The van der Waals surface area contributed by atoms with E-state index in [9.17, 15) is 4.79 Å². The number of benzene rings is 1. The first-order valence-corrected chi connectivity index (χ1v) is 7.64. The van der Waals surface area contributed by atoms with E-state index in [1.54, 1.807) is 4.57 Å². The summed E-state index contributed by atoms with van der Waals surface area (Å²) in [4.78, 5) is 18.2. The van der Waals surface area contributed by atoms with Crippen LogP contribution in [0.3, 0.4) is 0 Å². The third-order valence-corrected chi connectivity index (χ3v) is 4.31. The van der Waals surface area contributed by atoms with Crippen molar-refractivity contribution in [2.24, 2.45) is 0 Å². The number of fused-ring (bicyclic) bond motifs is 1. The zero-order valence-corrected chi connectivity index (χ0v) is 13.4. The fourth-order valence-electron chi connectivity index (χ4n) is 2.52. The third kappa shape index (κ3) is 2.95. The zero-order valence-electron chi connectivity index (χ0n) is 12.6. The van der Waals surface area contributed by atoms with Gasteiger partial charge in [0, 0.05) is 30.7 Å². The molecule has 1 aliphatic heterocycles. The summed E-state index contributed by atoms with van der Waals surface area (Å²) in [6.45, 7) is 3.19. The molecule has 0 aliphatic carbocycles. The van der Waals surface area contributed by atoms with Crippen LogP contribution in [0.25, 0.3) is 0 Å². The van der Waals surface area contributed by atoms with Crippen molar-refractivity contribution in [3.63, 3.8) is 0 Å². The highest BCUT2D eigenvalue weighted by Crippen LogP contribution is 2.24. The summed E-state index contributed by atoms with van der Waals surface area (Å²) in [6, 6.07) is 9.62. The molecule has 1 atom stereocenters. The Balaban J connectivity index is 1.82. The minimum atomic E-state index is -0.262. The Morgan fingerprint density at radius 1 is 1.36 bits per heavy atom. The highest BCUT2D eigenvalue weighted by Gasteiger charge is 2.22. The molecule has 6 heteroatoms. The van der Waals surface area contributed by atoms with Crippen LogP contribution in [0, 0.1) is 0 Å². The topological polar surface area (TPSA) is 47.4 Å². The Hall–Kier alpha value is -2.01. The van der Waals surface area contributed by atoms with Crippen molar-refractivity contribution in [2.45, 2.75) is 32.5 Å². The predicted molar refractivity (Wildman–Crippen MR) is 86.8 cm³/mol. The van der Waals surface area contributed by atoms with Crippen molar-refractivity contribution in [1.82, 2.24) is 9.55 Å². The van der Waals surface area contributed by atoms with Crippen molar-refractivity contribution < 1.29 is 4.74 Å². The molecule has 0 amide bonds. The average Bonchev–Trinajstić information content (AvgIpc) is 2.51. The highest BCUT2D eigenvalue weighted by atomic mass is 35.5. The van der Waals surface area contributed by atoms with Crippen molar-refractivity contribution in [1.29, 1.82) is 0 Å². The van der Waals surface area contributed by atoms with Gasteiger partial charge in [0.05, 0.1) is 0 Å². The molecule has 1 aliphatic rings. The molecule has 2 aromatic rings. The Kier molecular flexibility index (Phi) is 4.07. The van der Waals surface area contributed by atoms with Gasteiger partial charge >= 0.3 is 5.69 Å². The average molecular weight is 320 g/mol. The normalized spacial score (nSPS) is 17.2. The fourth-order valence-corrected chi connectivity index (χ4v) is 2.65. The number of hydrogen-bond acceptors (Lipinski definition) is 4. The van der Waals surface area contributed by atoms with Crippen LogP contribution in [0.1, 0.15) is 18.9 Å². The Morgan fingerprint density at radius 2 is 2.09 bits per heavy atom. The molecule has 5 nitrogen and oxygen atoms in total. The number of aromatic nitrogens is 2. The smallest absolute Gasteiger partial charge is 0.352 e. The van der Waals surface area contributed by atoms with Crippen molar-refractivity contribution in [3.05, 3.63) is 51.4 Å². The minimum absolute atomic E-state index is 0.262. The molecule has 116 valence electrons. The molecule has 0 fully saturated rings. The van der Waals surface area contributed by atoms with Gasteiger partial charge in [0.25, 0.3) is 0 Å². The molecule has 1 aromatic carbocycles. The number of ether oxygens (including phenoxy) is 1. The number of anilines is 1. The summed E-state index contributed by atoms with van der Waals surface area (Å²) in [5.41, 5.74) is 0.716. The summed E-state index contributed by atoms with van der Waals surface area (Å²) in [7, 11) is 1.98. The van der Waals surface area contributed by atoms with Gasteiger partial charge in [-0.2, -0.15) is 4.98 Å². The fraction of sp³-hybridized carbons (Fsp3) is 0.375. The van der Waals surface area contributed by atoms with E-state index in [4.69, 9.17) is 16.3 Å². The number of rotatable bonds is 3. The van der Waals surface area contributed by atoms with Gasteiger partial charge in [-0.1, -0.05) is 23.7 Å². The van der Waals surface area contributed by atoms with Gasteiger partial charge in [0.1, 0.15) is 12.4 Å². The summed E-state index contributed by atoms with van der Waals surface area (Å²) in [6.07, 6.45) is 0.941. The zero-order chi connectivity index (χ0) is 15.7. The molecule has 2 heterocycles. The lowest BCUT2D eigenvalue weighted by molar-refractivity contribution is 0.290. The second kappa shape index (κ2) is 6.01. The van der Waals surface area contributed by atoms with E-state index in [2.05, 4.69) is 16.8 Å². The van der Waals surface area contributed by atoms with Gasteiger partial charge in [0.2, 0.25) is 5.88 Å². The summed E-state index contributed by atoms with van der Waals surface area (Å²) >= 11 is 5.86. The van der Waals surface area contributed by atoms with E-state index in [1.807, 2.05) is 37.4 Å². The van der Waals surface area contributed by atoms with Crippen LogP contribution in [0.2, 0.25) is 5.02 Å². The molecule has 0 spiro atoms. The molecule has 0 saturated carbocycles. The summed E-state index contributed by atoms with van der Waals surface area (Å²) in [5.74, 6) is 1.21. The van der Waals surface area contributed by atoms with E-state index in [1.165, 1.54) is 0 Å². The number of nitrogens with zero attached hydrogens (tertiary/aromatic N) is 3. The van der Waals surface area contributed by atoms with E-state index >= 15 is 0 Å². The van der Waals surface area contributed by atoms with Crippen LogP contribution in [0.4, 0.5) is 5.82 Å². The van der Waals surface area contributed by atoms with Gasteiger partial charge < -0.3 is 9.64 Å². The third-order valence-electron chi connectivity index (χ3n) is 4.06. The lowest BCUT2D eigenvalue weighted by Crippen LogP contribution is -2.41.